The van der Waals surface area contributed by atoms with Crippen LogP contribution in [0.4, 0.5) is 0 Å². The highest BCUT2D eigenvalue weighted by Gasteiger charge is 2.24. The summed E-state index contributed by atoms with van der Waals surface area (Å²) in [6.45, 7) is 4.38. The first-order valence-electron chi connectivity index (χ1n) is 6.58. The van der Waals surface area contributed by atoms with Gasteiger partial charge < -0.3 is 5.32 Å². The minimum Gasteiger partial charge on any atom is -0.314 e. The summed E-state index contributed by atoms with van der Waals surface area (Å²) in [6, 6.07) is 13.5. The zero-order chi connectivity index (χ0) is 13.1. The Bertz CT molecular complexity index is 503. The average Bonchev–Trinajstić information content (AvgIpc) is 2.96. The number of nitrogens with zero attached hydrogens (tertiary/aromatic N) is 1. The van der Waals surface area contributed by atoms with Gasteiger partial charge in [-0.25, -0.2) is 0 Å². The molecular weight excluding hydrogens is 320 g/mol. The minimum absolute atomic E-state index is 0.398. The average molecular weight is 337 g/mol. The van der Waals surface area contributed by atoms with Gasteiger partial charge >= 0.3 is 0 Å². The van der Waals surface area contributed by atoms with Gasteiger partial charge in [0.05, 0.1) is 6.04 Å². The molecule has 1 saturated heterocycles. The van der Waals surface area contributed by atoms with E-state index >= 15 is 0 Å². The quantitative estimate of drug-likeness (QED) is 0.922. The van der Waals surface area contributed by atoms with Crippen molar-refractivity contribution in [2.75, 3.05) is 26.2 Å². The first-order chi connectivity index (χ1) is 9.34. The number of thiophene rings is 1. The van der Waals surface area contributed by atoms with Crippen molar-refractivity contribution in [1.29, 1.82) is 0 Å². The zero-order valence-corrected chi connectivity index (χ0v) is 13.1. The van der Waals surface area contributed by atoms with Crippen molar-refractivity contribution in [3.8, 4) is 0 Å². The molecule has 1 fully saturated rings. The van der Waals surface area contributed by atoms with Crippen molar-refractivity contribution in [3.05, 3.63) is 56.7 Å². The summed E-state index contributed by atoms with van der Waals surface area (Å²) < 4.78 is 1.14. The second kappa shape index (κ2) is 6.18. The lowest BCUT2D eigenvalue weighted by atomic mass is 10.0. The Morgan fingerprint density at radius 2 is 1.84 bits per heavy atom. The van der Waals surface area contributed by atoms with E-state index in [4.69, 9.17) is 0 Å². The predicted molar refractivity (Wildman–Crippen MR) is 84.7 cm³/mol. The van der Waals surface area contributed by atoms with Gasteiger partial charge in [-0.15, -0.1) is 11.3 Å². The Balaban J connectivity index is 1.93. The van der Waals surface area contributed by atoms with Gasteiger partial charge in [-0.3, -0.25) is 4.90 Å². The molecule has 0 saturated carbocycles. The van der Waals surface area contributed by atoms with Crippen LogP contribution in [-0.4, -0.2) is 31.1 Å². The maximum atomic E-state index is 3.52. The van der Waals surface area contributed by atoms with Gasteiger partial charge in [0.15, 0.2) is 0 Å². The summed E-state index contributed by atoms with van der Waals surface area (Å²) in [5.74, 6) is 0. The lowest BCUT2D eigenvalue weighted by Crippen LogP contribution is -2.45. The van der Waals surface area contributed by atoms with Crippen molar-refractivity contribution in [1.82, 2.24) is 10.2 Å². The molecule has 0 unspecified atom stereocenters. The molecule has 1 aromatic heterocycles. The summed E-state index contributed by atoms with van der Waals surface area (Å²) in [4.78, 5) is 4.01. The molecular formula is C15H17BrN2S. The van der Waals surface area contributed by atoms with Crippen molar-refractivity contribution in [3.63, 3.8) is 0 Å². The molecule has 0 spiro atoms. The second-order valence-electron chi connectivity index (χ2n) is 4.76. The summed E-state index contributed by atoms with van der Waals surface area (Å²) >= 11 is 5.37. The van der Waals surface area contributed by atoms with Crippen LogP contribution in [0.2, 0.25) is 0 Å². The standard InChI is InChI=1S/C15H17BrN2S/c16-13-5-3-12(4-6-13)15(14-2-1-11-19-14)18-9-7-17-8-10-18/h1-6,11,15,17H,7-10H2/t15-/m0/s1. The van der Waals surface area contributed by atoms with E-state index in [2.05, 4.69) is 67.9 Å². The van der Waals surface area contributed by atoms with Gasteiger partial charge in [-0.1, -0.05) is 34.1 Å². The molecule has 1 atom stereocenters. The van der Waals surface area contributed by atoms with Crippen LogP contribution in [0.15, 0.2) is 46.3 Å². The molecule has 19 heavy (non-hydrogen) atoms. The SMILES string of the molecule is Brc1ccc([C@@H](c2cccs2)N2CCNCC2)cc1. The van der Waals surface area contributed by atoms with Crippen molar-refractivity contribution in [2.24, 2.45) is 0 Å². The Labute approximate surface area is 126 Å². The lowest BCUT2D eigenvalue weighted by molar-refractivity contribution is 0.200. The summed E-state index contributed by atoms with van der Waals surface area (Å²) in [5.41, 5.74) is 1.38. The van der Waals surface area contributed by atoms with Gasteiger partial charge in [-0.05, 0) is 29.1 Å². The number of hydrogen-bond donors (Lipinski definition) is 1. The molecule has 2 aromatic rings. The molecule has 1 aliphatic heterocycles. The van der Waals surface area contributed by atoms with Crippen LogP contribution in [0.3, 0.4) is 0 Å². The van der Waals surface area contributed by atoms with Crippen LogP contribution in [0.25, 0.3) is 0 Å². The Morgan fingerprint density at radius 3 is 2.47 bits per heavy atom. The Morgan fingerprint density at radius 1 is 1.11 bits per heavy atom. The number of hydrogen-bond acceptors (Lipinski definition) is 3. The Kier molecular flexibility index (Phi) is 4.33. The van der Waals surface area contributed by atoms with Gasteiger partial charge in [0.25, 0.3) is 0 Å². The number of rotatable bonds is 3. The molecule has 2 nitrogen and oxygen atoms in total. The second-order valence-corrected chi connectivity index (χ2v) is 6.65. The molecule has 0 bridgehead atoms. The van der Waals surface area contributed by atoms with E-state index in [0.29, 0.717) is 6.04 Å². The number of piperazine rings is 1. The fourth-order valence-corrected chi connectivity index (χ4v) is 3.74. The lowest BCUT2D eigenvalue weighted by Gasteiger charge is -2.34. The van der Waals surface area contributed by atoms with Gasteiger partial charge in [-0.2, -0.15) is 0 Å². The van der Waals surface area contributed by atoms with E-state index < -0.39 is 0 Å². The smallest absolute Gasteiger partial charge is 0.0696 e. The normalized spacial score (nSPS) is 18.4. The highest BCUT2D eigenvalue weighted by molar-refractivity contribution is 9.10. The molecule has 1 aliphatic rings. The van der Waals surface area contributed by atoms with E-state index in [0.717, 1.165) is 30.7 Å². The third-order valence-electron chi connectivity index (χ3n) is 3.52. The van der Waals surface area contributed by atoms with E-state index in [1.165, 1.54) is 10.4 Å². The summed E-state index contributed by atoms with van der Waals surface area (Å²) in [7, 11) is 0. The number of halogens is 1. The van der Waals surface area contributed by atoms with Crippen LogP contribution >= 0.6 is 27.3 Å². The predicted octanol–water partition coefficient (Wildman–Crippen LogP) is 3.51. The minimum atomic E-state index is 0.398. The van der Waals surface area contributed by atoms with E-state index in [1.807, 2.05) is 11.3 Å². The molecule has 1 aromatic carbocycles. The maximum Gasteiger partial charge on any atom is 0.0696 e. The monoisotopic (exact) mass is 336 g/mol. The fourth-order valence-electron chi connectivity index (χ4n) is 2.59. The molecule has 2 heterocycles. The van der Waals surface area contributed by atoms with Crippen molar-refractivity contribution >= 4 is 27.3 Å². The molecule has 100 valence electrons. The first-order valence-corrected chi connectivity index (χ1v) is 8.25. The first kappa shape index (κ1) is 13.3. The molecule has 0 radical (unpaired) electrons. The van der Waals surface area contributed by atoms with Crippen molar-refractivity contribution in [2.45, 2.75) is 6.04 Å². The van der Waals surface area contributed by atoms with Gasteiger partial charge in [0.2, 0.25) is 0 Å². The number of benzene rings is 1. The van der Waals surface area contributed by atoms with Crippen molar-refractivity contribution < 1.29 is 0 Å². The van der Waals surface area contributed by atoms with E-state index in [-0.39, 0.29) is 0 Å². The van der Waals surface area contributed by atoms with Gasteiger partial charge in [0, 0.05) is 35.5 Å². The van der Waals surface area contributed by atoms with Crippen LogP contribution in [0, 0.1) is 0 Å². The largest absolute Gasteiger partial charge is 0.314 e. The van der Waals surface area contributed by atoms with Crippen LogP contribution < -0.4 is 5.32 Å². The van der Waals surface area contributed by atoms with Crippen LogP contribution in [0.5, 0.6) is 0 Å². The maximum absolute atomic E-state index is 3.52. The molecule has 0 amide bonds. The molecule has 1 N–H and O–H groups in total. The highest BCUT2D eigenvalue weighted by Crippen LogP contribution is 2.32. The third kappa shape index (κ3) is 3.08. The zero-order valence-electron chi connectivity index (χ0n) is 10.7. The topological polar surface area (TPSA) is 15.3 Å². The molecule has 4 heteroatoms. The van der Waals surface area contributed by atoms with E-state index in [1.54, 1.807) is 0 Å². The summed E-state index contributed by atoms with van der Waals surface area (Å²) in [6.07, 6.45) is 0. The molecule has 3 rings (SSSR count). The molecule has 0 aliphatic carbocycles. The third-order valence-corrected chi connectivity index (χ3v) is 4.97. The van der Waals surface area contributed by atoms with Crippen LogP contribution in [-0.2, 0) is 0 Å². The van der Waals surface area contributed by atoms with Crippen LogP contribution in [0.1, 0.15) is 16.5 Å². The Hall–Kier alpha value is -0.680. The van der Waals surface area contributed by atoms with E-state index in [9.17, 15) is 0 Å². The fraction of sp³-hybridized carbons (Fsp3) is 0.333. The number of nitrogens with one attached hydrogen (secondary N) is 1. The highest BCUT2D eigenvalue weighted by atomic mass is 79.9. The summed E-state index contributed by atoms with van der Waals surface area (Å²) in [5, 5.41) is 5.60. The van der Waals surface area contributed by atoms with Gasteiger partial charge in [0.1, 0.15) is 0 Å².